The van der Waals surface area contributed by atoms with Crippen molar-refractivity contribution in [2.45, 2.75) is 13.8 Å². The van der Waals surface area contributed by atoms with E-state index in [1.165, 1.54) is 13.0 Å². The molecule has 2 aromatic rings. The van der Waals surface area contributed by atoms with Crippen LogP contribution < -0.4 is 0 Å². The summed E-state index contributed by atoms with van der Waals surface area (Å²) in [5.41, 5.74) is 2.48. The first-order chi connectivity index (χ1) is 9.36. The zero-order valence-electron chi connectivity index (χ0n) is 11.3. The number of hydrogen-bond acceptors (Lipinski definition) is 3. The molecule has 0 N–H and O–H groups in total. The van der Waals surface area contributed by atoms with Crippen LogP contribution in [0.5, 0.6) is 0 Å². The second kappa shape index (κ2) is 5.20. The number of benzene rings is 1. The molecule has 0 aliphatic heterocycles. The van der Waals surface area contributed by atoms with Gasteiger partial charge in [0, 0.05) is 18.8 Å². The van der Waals surface area contributed by atoms with Gasteiger partial charge in [-0.2, -0.15) is 0 Å². The Morgan fingerprint density at radius 2 is 1.95 bits per heavy atom. The third-order valence-corrected chi connectivity index (χ3v) is 4.11. The highest BCUT2D eigenvalue weighted by molar-refractivity contribution is 9.10. The number of carbonyl (C=O) groups is 1. The zero-order valence-corrected chi connectivity index (χ0v) is 12.9. The van der Waals surface area contributed by atoms with Gasteiger partial charge in [0.05, 0.1) is 26.2 Å². The van der Waals surface area contributed by atoms with E-state index in [1.54, 1.807) is 29.8 Å². The summed E-state index contributed by atoms with van der Waals surface area (Å²) < 4.78 is 2.39. The van der Waals surface area contributed by atoms with E-state index in [-0.39, 0.29) is 11.5 Å². The molecule has 0 spiro atoms. The summed E-state index contributed by atoms with van der Waals surface area (Å²) >= 11 is 3.41. The minimum atomic E-state index is -0.419. The number of carbonyl (C=O) groups excluding carboxylic acids is 1. The van der Waals surface area contributed by atoms with Crippen molar-refractivity contribution in [3.63, 3.8) is 0 Å². The SMILES string of the molecule is CC(=O)c1c(Br)c(-c2ccccc2[N+](=O)[O-])n(C)c1C. The van der Waals surface area contributed by atoms with Crippen LogP contribution in [0.1, 0.15) is 23.0 Å². The lowest BCUT2D eigenvalue weighted by molar-refractivity contribution is -0.384. The van der Waals surface area contributed by atoms with Crippen molar-refractivity contribution in [2.24, 2.45) is 7.05 Å². The number of nitro groups is 1. The number of rotatable bonds is 3. The quantitative estimate of drug-likeness (QED) is 0.485. The van der Waals surface area contributed by atoms with E-state index in [9.17, 15) is 14.9 Å². The highest BCUT2D eigenvalue weighted by Crippen LogP contribution is 2.39. The maximum absolute atomic E-state index is 11.7. The Bertz CT molecular complexity index is 719. The fourth-order valence-corrected chi connectivity index (χ4v) is 3.35. The summed E-state index contributed by atoms with van der Waals surface area (Å²) in [7, 11) is 1.79. The van der Waals surface area contributed by atoms with Crippen LogP contribution in [0.2, 0.25) is 0 Å². The van der Waals surface area contributed by atoms with E-state index < -0.39 is 4.92 Å². The van der Waals surface area contributed by atoms with Gasteiger partial charge >= 0.3 is 0 Å². The molecule has 0 aliphatic carbocycles. The van der Waals surface area contributed by atoms with Gasteiger partial charge in [-0.3, -0.25) is 14.9 Å². The summed E-state index contributed by atoms with van der Waals surface area (Å²) in [6.45, 7) is 3.30. The molecule has 1 heterocycles. The molecule has 0 saturated carbocycles. The lowest BCUT2D eigenvalue weighted by Gasteiger charge is -2.06. The summed E-state index contributed by atoms with van der Waals surface area (Å²) in [6, 6.07) is 6.50. The van der Waals surface area contributed by atoms with Crippen LogP contribution in [0, 0.1) is 17.0 Å². The Hall–Kier alpha value is -1.95. The second-order valence-electron chi connectivity index (χ2n) is 4.51. The summed E-state index contributed by atoms with van der Waals surface area (Å²) in [5, 5.41) is 11.2. The first kappa shape index (κ1) is 14.5. The molecule has 1 aromatic carbocycles. The van der Waals surface area contributed by atoms with Crippen LogP contribution in [0.3, 0.4) is 0 Å². The number of halogens is 1. The Kier molecular flexibility index (Phi) is 3.76. The standard InChI is InChI=1S/C14H13BrN2O3/c1-8-12(9(2)18)13(15)14(16(8)3)10-6-4-5-7-11(10)17(19)20/h4-7H,1-3H3. The number of nitrogens with zero attached hydrogens (tertiary/aromatic N) is 2. The van der Waals surface area contributed by atoms with Gasteiger partial charge in [0.1, 0.15) is 0 Å². The Morgan fingerprint density at radius 3 is 2.45 bits per heavy atom. The predicted octanol–water partition coefficient (Wildman–Crippen LogP) is 3.87. The minimum absolute atomic E-state index is 0.0175. The monoisotopic (exact) mass is 336 g/mol. The van der Waals surface area contributed by atoms with Crippen LogP contribution in [0.15, 0.2) is 28.7 Å². The number of nitro benzene ring substituents is 1. The van der Waals surface area contributed by atoms with Gasteiger partial charge in [0.15, 0.2) is 5.78 Å². The molecule has 104 valence electrons. The first-order valence-electron chi connectivity index (χ1n) is 5.95. The first-order valence-corrected chi connectivity index (χ1v) is 6.75. The zero-order chi connectivity index (χ0) is 15.0. The van der Waals surface area contributed by atoms with E-state index in [2.05, 4.69) is 15.9 Å². The molecule has 0 bridgehead atoms. The topological polar surface area (TPSA) is 65.1 Å². The van der Waals surface area contributed by atoms with Crippen LogP contribution in [-0.2, 0) is 7.05 Å². The molecule has 0 saturated heterocycles. The Labute approximate surface area is 124 Å². The van der Waals surface area contributed by atoms with Gasteiger partial charge in [-0.1, -0.05) is 12.1 Å². The molecule has 1 aromatic heterocycles. The number of Topliss-reactive ketones (excluding diaryl/α,β-unsaturated/α-hetero) is 1. The van der Waals surface area contributed by atoms with Gasteiger partial charge < -0.3 is 4.57 Å². The lowest BCUT2D eigenvalue weighted by Crippen LogP contribution is -1.99. The number of para-hydroxylation sites is 1. The second-order valence-corrected chi connectivity index (χ2v) is 5.31. The largest absolute Gasteiger partial charge is 0.346 e. The molecule has 0 amide bonds. The van der Waals surface area contributed by atoms with Gasteiger partial charge in [-0.15, -0.1) is 0 Å². The molecule has 6 heteroatoms. The van der Waals surface area contributed by atoms with Gasteiger partial charge in [-0.05, 0) is 35.8 Å². The summed E-state index contributed by atoms with van der Waals surface area (Å²) in [6.07, 6.45) is 0. The van der Waals surface area contributed by atoms with Gasteiger partial charge in [0.2, 0.25) is 0 Å². The molecule has 0 atom stereocenters. The lowest BCUT2D eigenvalue weighted by atomic mass is 10.1. The van der Waals surface area contributed by atoms with Crippen LogP contribution in [-0.4, -0.2) is 15.3 Å². The van der Waals surface area contributed by atoms with E-state index in [4.69, 9.17) is 0 Å². The molecular weight excluding hydrogens is 324 g/mol. The average molecular weight is 337 g/mol. The van der Waals surface area contributed by atoms with Crippen molar-refractivity contribution in [3.05, 3.63) is 50.1 Å². The van der Waals surface area contributed by atoms with Crippen molar-refractivity contribution in [1.29, 1.82) is 0 Å². The maximum Gasteiger partial charge on any atom is 0.278 e. The molecule has 0 fully saturated rings. The molecule has 2 rings (SSSR count). The fraction of sp³-hybridized carbons (Fsp3) is 0.214. The highest BCUT2D eigenvalue weighted by atomic mass is 79.9. The molecular formula is C14H13BrN2O3. The van der Waals surface area contributed by atoms with Crippen LogP contribution >= 0.6 is 15.9 Å². The van der Waals surface area contributed by atoms with Crippen molar-refractivity contribution in [2.75, 3.05) is 0 Å². The molecule has 0 radical (unpaired) electrons. The van der Waals surface area contributed by atoms with E-state index in [0.717, 1.165) is 5.69 Å². The molecule has 0 unspecified atom stereocenters. The maximum atomic E-state index is 11.7. The van der Waals surface area contributed by atoms with Crippen molar-refractivity contribution in [3.8, 4) is 11.3 Å². The third kappa shape index (κ3) is 2.16. The summed E-state index contributed by atoms with van der Waals surface area (Å²) in [5.74, 6) is -0.0743. The van der Waals surface area contributed by atoms with Crippen molar-refractivity contribution in [1.82, 2.24) is 4.57 Å². The highest BCUT2D eigenvalue weighted by Gasteiger charge is 2.25. The van der Waals surface area contributed by atoms with E-state index >= 15 is 0 Å². The van der Waals surface area contributed by atoms with Crippen LogP contribution in [0.25, 0.3) is 11.3 Å². The molecule has 20 heavy (non-hydrogen) atoms. The number of aromatic nitrogens is 1. The Morgan fingerprint density at radius 1 is 1.35 bits per heavy atom. The summed E-state index contributed by atoms with van der Waals surface area (Å²) in [4.78, 5) is 22.5. The van der Waals surface area contributed by atoms with E-state index in [0.29, 0.717) is 21.3 Å². The fourth-order valence-electron chi connectivity index (χ4n) is 2.30. The van der Waals surface area contributed by atoms with Crippen molar-refractivity contribution >= 4 is 27.4 Å². The van der Waals surface area contributed by atoms with Gasteiger partial charge in [0.25, 0.3) is 5.69 Å². The van der Waals surface area contributed by atoms with Crippen LogP contribution in [0.4, 0.5) is 5.69 Å². The van der Waals surface area contributed by atoms with Gasteiger partial charge in [-0.25, -0.2) is 0 Å². The van der Waals surface area contributed by atoms with Crippen molar-refractivity contribution < 1.29 is 9.72 Å². The number of hydrogen-bond donors (Lipinski definition) is 0. The predicted molar refractivity (Wildman–Crippen MR) is 79.9 cm³/mol. The van der Waals surface area contributed by atoms with E-state index in [1.807, 2.05) is 6.92 Å². The smallest absolute Gasteiger partial charge is 0.278 e. The molecule has 5 nitrogen and oxygen atoms in total. The average Bonchev–Trinajstić information content (AvgIpc) is 2.60. The normalized spacial score (nSPS) is 10.6. The third-order valence-electron chi connectivity index (χ3n) is 3.34. The molecule has 0 aliphatic rings. The number of ketones is 1. The minimum Gasteiger partial charge on any atom is -0.346 e. The Balaban J connectivity index is 2.81.